The van der Waals surface area contributed by atoms with Crippen molar-refractivity contribution in [1.82, 2.24) is 9.55 Å². The summed E-state index contributed by atoms with van der Waals surface area (Å²) in [5.41, 5.74) is 7.70. The van der Waals surface area contributed by atoms with E-state index in [0.29, 0.717) is 17.9 Å². The number of fused-ring (bicyclic) bond motifs is 3. The third kappa shape index (κ3) is 3.57. The van der Waals surface area contributed by atoms with Gasteiger partial charge in [-0.15, -0.1) is 0 Å². The van der Waals surface area contributed by atoms with Crippen molar-refractivity contribution in [2.24, 2.45) is 18.7 Å². The summed E-state index contributed by atoms with van der Waals surface area (Å²) in [4.78, 5) is 17.1. The monoisotopic (exact) mass is 465 g/mol. The molecule has 0 saturated carbocycles. The first-order valence-electron chi connectivity index (χ1n) is 8.75. The highest BCUT2D eigenvalue weighted by molar-refractivity contribution is 14.1. The molecule has 6 heteroatoms. The molecule has 0 radical (unpaired) electrons. The molecule has 5 nitrogen and oxygen atoms in total. The molecule has 2 heterocycles. The van der Waals surface area contributed by atoms with Crippen LogP contribution in [0.1, 0.15) is 26.0 Å². The van der Waals surface area contributed by atoms with Crippen LogP contribution in [-0.4, -0.2) is 22.2 Å². The predicted octanol–water partition coefficient (Wildman–Crippen LogP) is 3.75. The molecule has 3 rings (SSSR count). The van der Waals surface area contributed by atoms with Crippen molar-refractivity contribution in [1.29, 1.82) is 0 Å². The van der Waals surface area contributed by atoms with Crippen LogP contribution >= 0.6 is 22.6 Å². The summed E-state index contributed by atoms with van der Waals surface area (Å²) in [6.45, 7) is 6.63. The Labute approximate surface area is 166 Å². The summed E-state index contributed by atoms with van der Waals surface area (Å²) in [5, 5.41) is 2.62. The van der Waals surface area contributed by atoms with Crippen molar-refractivity contribution in [2.45, 2.75) is 33.2 Å². The van der Waals surface area contributed by atoms with Gasteiger partial charge in [0.25, 0.3) is 5.56 Å². The molecule has 2 N–H and O–H groups in total. The normalized spacial score (nSPS) is 12.9. The quantitative estimate of drug-likeness (QED) is 0.461. The first-order chi connectivity index (χ1) is 12.3. The van der Waals surface area contributed by atoms with E-state index in [1.165, 1.54) is 0 Å². The van der Waals surface area contributed by atoms with Gasteiger partial charge >= 0.3 is 0 Å². The summed E-state index contributed by atoms with van der Waals surface area (Å²) < 4.78 is 8.65. The number of hydrogen-bond acceptors (Lipinski definition) is 4. The van der Waals surface area contributed by atoms with Crippen molar-refractivity contribution < 1.29 is 4.74 Å². The number of hydrogen-bond donors (Lipinski definition) is 1. The van der Waals surface area contributed by atoms with Gasteiger partial charge in [-0.1, -0.05) is 13.8 Å². The highest BCUT2D eigenvalue weighted by Crippen LogP contribution is 2.31. The summed E-state index contributed by atoms with van der Waals surface area (Å²) in [7, 11) is 1.79. The second kappa shape index (κ2) is 7.52. The second-order valence-electron chi connectivity index (χ2n) is 7.18. The minimum Gasteiger partial charge on any atom is -0.491 e. The van der Waals surface area contributed by atoms with Crippen molar-refractivity contribution in [3.63, 3.8) is 0 Å². The fraction of sp³-hybridized carbons (Fsp3) is 0.400. The van der Waals surface area contributed by atoms with Crippen LogP contribution in [0.15, 0.2) is 29.2 Å². The van der Waals surface area contributed by atoms with Crippen molar-refractivity contribution in [3.05, 3.63) is 44.0 Å². The van der Waals surface area contributed by atoms with Gasteiger partial charge in [0.05, 0.1) is 20.2 Å². The lowest BCUT2D eigenvalue weighted by molar-refractivity contribution is 0.269. The zero-order valence-corrected chi connectivity index (χ0v) is 17.7. The molecule has 3 aromatic rings. The largest absolute Gasteiger partial charge is 0.491 e. The number of pyridine rings is 2. The minimum atomic E-state index is -0.0400. The zero-order chi connectivity index (χ0) is 19.0. The maximum absolute atomic E-state index is 12.8. The van der Waals surface area contributed by atoms with E-state index in [9.17, 15) is 4.79 Å². The topological polar surface area (TPSA) is 70.1 Å². The molecule has 1 aromatic carbocycles. The Hall–Kier alpha value is -1.67. The molecule has 0 spiro atoms. The van der Waals surface area contributed by atoms with E-state index < -0.39 is 0 Å². The summed E-state index contributed by atoms with van der Waals surface area (Å²) >= 11 is 2.27. The maximum Gasteiger partial charge on any atom is 0.260 e. The van der Waals surface area contributed by atoms with E-state index in [4.69, 9.17) is 10.5 Å². The van der Waals surface area contributed by atoms with Crippen LogP contribution in [0.4, 0.5) is 0 Å². The SMILES string of the molecule is Cc1nccc2c1c(=O)n(C)c1cc(OCC(N)CC(C)C)c(I)cc21. The number of aryl methyl sites for hydroxylation is 2. The minimum absolute atomic E-state index is 0.00403. The molecule has 0 saturated heterocycles. The molecule has 0 aliphatic rings. The number of nitrogens with two attached hydrogens (primary N) is 1. The van der Waals surface area contributed by atoms with Gasteiger partial charge in [0, 0.05) is 30.7 Å². The molecule has 0 fully saturated rings. The molecule has 0 bridgehead atoms. The maximum atomic E-state index is 12.8. The Kier molecular flexibility index (Phi) is 5.53. The smallest absolute Gasteiger partial charge is 0.260 e. The molecular formula is C20H24IN3O2. The number of nitrogens with zero attached hydrogens (tertiary/aromatic N) is 2. The van der Waals surface area contributed by atoms with Crippen molar-refractivity contribution in [3.8, 4) is 5.75 Å². The molecule has 138 valence electrons. The van der Waals surface area contributed by atoms with Gasteiger partial charge < -0.3 is 15.0 Å². The number of ether oxygens (including phenoxy) is 1. The zero-order valence-electron chi connectivity index (χ0n) is 15.5. The van der Waals surface area contributed by atoms with Crippen molar-refractivity contribution >= 4 is 44.3 Å². The number of halogens is 1. The fourth-order valence-electron chi connectivity index (χ4n) is 3.35. The average molecular weight is 465 g/mol. The molecule has 2 aromatic heterocycles. The lowest BCUT2D eigenvalue weighted by Crippen LogP contribution is -2.29. The fourth-order valence-corrected chi connectivity index (χ4v) is 3.98. The van der Waals surface area contributed by atoms with E-state index in [0.717, 1.165) is 37.7 Å². The Morgan fingerprint density at radius 2 is 2.04 bits per heavy atom. The Bertz CT molecular complexity index is 1030. The number of benzene rings is 1. The van der Waals surface area contributed by atoms with Gasteiger partial charge in [-0.2, -0.15) is 0 Å². The van der Waals surface area contributed by atoms with Crippen LogP contribution in [0, 0.1) is 16.4 Å². The predicted molar refractivity (Wildman–Crippen MR) is 115 cm³/mol. The highest BCUT2D eigenvalue weighted by Gasteiger charge is 2.15. The first kappa shape index (κ1) is 19.1. The molecule has 1 atom stereocenters. The molecular weight excluding hydrogens is 441 g/mol. The van der Waals surface area contributed by atoms with Crippen LogP contribution in [0.25, 0.3) is 21.7 Å². The Balaban J connectivity index is 2.10. The summed E-state index contributed by atoms with van der Waals surface area (Å²) in [5.74, 6) is 1.30. The average Bonchev–Trinajstić information content (AvgIpc) is 2.57. The van der Waals surface area contributed by atoms with Gasteiger partial charge in [-0.25, -0.2) is 0 Å². The van der Waals surface area contributed by atoms with Gasteiger partial charge in [-0.3, -0.25) is 9.78 Å². The van der Waals surface area contributed by atoms with Crippen LogP contribution in [0.2, 0.25) is 0 Å². The van der Waals surface area contributed by atoms with Crippen molar-refractivity contribution in [2.75, 3.05) is 6.61 Å². The van der Waals surface area contributed by atoms with Crippen LogP contribution in [0.3, 0.4) is 0 Å². The second-order valence-corrected chi connectivity index (χ2v) is 8.35. The van der Waals surface area contributed by atoms with E-state index in [-0.39, 0.29) is 11.6 Å². The van der Waals surface area contributed by atoms with Gasteiger partial charge in [0.2, 0.25) is 0 Å². The Morgan fingerprint density at radius 1 is 1.31 bits per heavy atom. The van der Waals surface area contributed by atoms with Crippen LogP contribution < -0.4 is 16.0 Å². The Morgan fingerprint density at radius 3 is 2.73 bits per heavy atom. The summed E-state index contributed by atoms with van der Waals surface area (Å²) in [6.07, 6.45) is 2.66. The van der Waals surface area contributed by atoms with Gasteiger partial charge in [0.15, 0.2) is 0 Å². The third-order valence-electron chi connectivity index (χ3n) is 4.59. The van der Waals surface area contributed by atoms with Crippen LogP contribution in [0.5, 0.6) is 5.75 Å². The molecule has 0 aliphatic heterocycles. The van der Waals surface area contributed by atoms with Crippen LogP contribution in [-0.2, 0) is 7.05 Å². The molecule has 26 heavy (non-hydrogen) atoms. The third-order valence-corrected chi connectivity index (χ3v) is 5.43. The molecule has 0 amide bonds. The lowest BCUT2D eigenvalue weighted by atomic mass is 10.1. The van der Waals surface area contributed by atoms with Gasteiger partial charge in [-0.05, 0) is 59.4 Å². The number of aromatic nitrogens is 2. The van der Waals surface area contributed by atoms with E-state index in [1.807, 2.05) is 19.1 Å². The van der Waals surface area contributed by atoms with E-state index >= 15 is 0 Å². The van der Waals surface area contributed by atoms with E-state index in [1.54, 1.807) is 17.8 Å². The molecule has 1 unspecified atom stereocenters. The lowest BCUT2D eigenvalue weighted by Gasteiger charge is -2.17. The standard InChI is InChI=1S/C20H24IN3O2/c1-11(2)7-13(22)10-26-18-9-17-15(8-16(18)21)14-5-6-23-12(3)19(14)20(25)24(17)4/h5-6,8-9,11,13H,7,10,22H2,1-4H3. The number of rotatable bonds is 5. The van der Waals surface area contributed by atoms with Gasteiger partial charge in [0.1, 0.15) is 12.4 Å². The summed E-state index contributed by atoms with van der Waals surface area (Å²) in [6, 6.07) is 5.91. The molecule has 0 aliphatic carbocycles. The highest BCUT2D eigenvalue weighted by atomic mass is 127. The first-order valence-corrected chi connectivity index (χ1v) is 9.83. The van der Waals surface area contributed by atoms with E-state index in [2.05, 4.69) is 47.5 Å².